The Balaban J connectivity index is 2.43. The Kier molecular flexibility index (Phi) is 1.78. The van der Waals surface area contributed by atoms with Gasteiger partial charge in [0.1, 0.15) is 0 Å². The molecule has 0 bridgehead atoms. The third kappa shape index (κ3) is 1.31. The van der Waals surface area contributed by atoms with Gasteiger partial charge in [-0.2, -0.15) is 0 Å². The largest absolute Gasteiger partial charge is 0.499 e. The van der Waals surface area contributed by atoms with E-state index in [9.17, 15) is 0 Å². The van der Waals surface area contributed by atoms with Gasteiger partial charge < -0.3 is 10.2 Å². The molecule has 2 N–H and O–H groups in total. The molecule has 0 saturated carbocycles. The summed E-state index contributed by atoms with van der Waals surface area (Å²) in [4.78, 5) is 1.97. The number of hydrogen-bond donors (Lipinski definition) is 2. The summed E-state index contributed by atoms with van der Waals surface area (Å²) in [6.45, 7) is 0. The van der Waals surface area contributed by atoms with E-state index in [4.69, 9.17) is 10.2 Å². The molecule has 0 radical (unpaired) electrons. The lowest BCUT2D eigenvalue weighted by molar-refractivity contribution is 0.490. The molecule has 0 aromatic carbocycles. The van der Waals surface area contributed by atoms with Gasteiger partial charge in [-0.15, -0.1) is 0 Å². The molecule has 0 aliphatic rings. The van der Waals surface area contributed by atoms with Gasteiger partial charge >= 0.3 is 0 Å². The fourth-order valence-corrected chi connectivity index (χ4v) is 2.50. The van der Waals surface area contributed by atoms with Gasteiger partial charge in [0.15, 0.2) is 10.1 Å². The monoisotopic (exact) mass is 198 g/mol. The van der Waals surface area contributed by atoms with Crippen molar-refractivity contribution < 1.29 is 10.2 Å². The van der Waals surface area contributed by atoms with Crippen LogP contribution in [0.3, 0.4) is 0 Å². The summed E-state index contributed by atoms with van der Waals surface area (Å²) in [6, 6.07) is 6.98. The molecule has 0 saturated heterocycles. The maximum absolute atomic E-state index is 9.08. The number of thiophene rings is 2. The molecule has 0 spiro atoms. The van der Waals surface area contributed by atoms with Crippen molar-refractivity contribution in [3.8, 4) is 19.9 Å². The Morgan fingerprint density at radius 3 is 1.42 bits per heavy atom. The van der Waals surface area contributed by atoms with Crippen molar-refractivity contribution in [3.05, 3.63) is 24.3 Å². The number of aromatic hydroxyl groups is 2. The molecular formula is C8H6O2S2. The van der Waals surface area contributed by atoms with Crippen LogP contribution in [0.1, 0.15) is 0 Å². The zero-order valence-electron chi connectivity index (χ0n) is 6.02. The highest BCUT2D eigenvalue weighted by atomic mass is 32.1. The molecule has 2 nitrogen and oxygen atoms in total. The van der Waals surface area contributed by atoms with E-state index in [0.29, 0.717) is 10.1 Å². The highest BCUT2D eigenvalue weighted by Crippen LogP contribution is 2.38. The first-order valence-electron chi connectivity index (χ1n) is 3.34. The molecule has 0 aliphatic carbocycles. The van der Waals surface area contributed by atoms with Gasteiger partial charge in [0, 0.05) is 9.75 Å². The van der Waals surface area contributed by atoms with E-state index in [1.54, 1.807) is 12.1 Å². The summed E-state index contributed by atoms with van der Waals surface area (Å²) in [7, 11) is 0. The first-order chi connectivity index (χ1) is 5.75. The lowest BCUT2D eigenvalue weighted by atomic mass is 10.4. The zero-order valence-corrected chi connectivity index (χ0v) is 7.65. The SMILES string of the molecule is Oc1ccc(-c2ccc(O)s2)s1. The van der Waals surface area contributed by atoms with Crippen LogP contribution in [0.4, 0.5) is 0 Å². The van der Waals surface area contributed by atoms with Crippen molar-refractivity contribution in [2.24, 2.45) is 0 Å². The highest BCUT2D eigenvalue weighted by Gasteiger charge is 2.04. The summed E-state index contributed by atoms with van der Waals surface area (Å²) >= 11 is 2.62. The maximum Gasteiger partial charge on any atom is 0.171 e. The molecule has 0 unspecified atom stereocenters. The van der Waals surface area contributed by atoms with Crippen molar-refractivity contribution in [1.29, 1.82) is 0 Å². The van der Waals surface area contributed by atoms with Crippen molar-refractivity contribution in [2.75, 3.05) is 0 Å². The molecule has 2 aromatic heterocycles. The quantitative estimate of drug-likeness (QED) is 0.739. The van der Waals surface area contributed by atoms with Crippen LogP contribution in [-0.2, 0) is 0 Å². The molecular weight excluding hydrogens is 192 g/mol. The van der Waals surface area contributed by atoms with Crippen LogP contribution in [0.2, 0.25) is 0 Å². The Labute approximate surface area is 77.4 Å². The van der Waals surface area contributed by atoms with Crippen LogP contribution in [-0.4, -0.2) is 10.2 Å². The second-order valence-corrected chi connectivity index (χ2v) is 4.40. The second kappa shape index (κ2) is 2.80. The maximum atomic E-state index is 9.08. The highest BCUT2D eigenvalue weighted by molar-refractivity contribution is 7.23. The summed E-state index contributed by atoms with van der Waals surface area (Å²) < 4.78 is 0. The molecule has 0 fully saturated rings. The van der Waals surface area contributed by atoms with Gasteiger partial charge in [-0.05, 0) is 24.3 Å². The normalized spacial score (nSPS) is 10.3. The zero-order chi connectivity index (χ0) is 8.55. The van der Waals surface area contributed by atoms with Crippen LogP contribution in [0, 0.1) is 0 Å². The predicted molar refractivity (Wildman–Crippen MR) is 51.0 cm³/mol. The van der Waals surface area contributed by atoms with Crippen LogP contribution >= 0.6 is 22.7 Å². The van der Waals surface area contributed by atoms with Crippen molar-refractivity contribution in [2.45, 2.75) is 0 Å². The molecule has 4 heteroatoms. The molecule has 2 rings (SSSR count). The number of rotatable bonds is 1. The minimum absolute atomic E-state index is 0.304. The van der Waals surface area contributed by atoms with E-state index in [2.05, 4.69) is 0 Å². The third-order valence-electron chi connectivity index (χ3n) is 1.43. The lowest BCUT2D eigenvalue weighted by Crippen LogP contribution is -1.55. The van der Waals surface area contributed by atoms with E-state index in [0.717, 1.165) is 9.75 Å². The van der Waals surface area contributed by atoms with Crippen molar-refractivity contribution in [3.63, 3.8) is 0 Å². The number of hydrogen-bond acceptors (Lipinski definition) is 4. The third-order valence-corrected chi connectivity index (χ3v) is 3.40. The lowest BCUT2D eigenvalue weighted by Gasteiger charge is -1.86. The fraction of sp³-hybridized carbons (Fsp3) is 0. The van der Waals surface area contributed by atoms with Gasteiger partial charge in [0.25, 0.3) is 0 Å². The minimum atomic E-state index is 0.304. The van der Waals surface area contributed by atoms with Gasteiger partial charge in [-0.1, -0.05) is 22.7 Å². The fourth-order valence-electron chi connectivity index (χ4n) is 0.920. The van der Waals surface area contributed by atoms with E-state index in [-0.39, 0.29) is 0 Å². The Morgan fingerprint density at radius 1 is 0.750 bits per heavy atom. The van der Waals surface area contributed by atoms with E-state index < -0.39 is 0 Å². The summed E-state index contributed by atoms with van der Waals surface area (Å²) in [6.07, 6.45) is 0. The molecule has 0 aliphatic heterocycles. The molecule has 0 amide bonds. The summed E-state index contributed by atoms with van der Waals surface area (Å²) in [5, 5.41) is 18.8. The second-order valence-electron chi connectivity index (χ2n) is 2.28. The van der Waals surface area contributed by atoms with Crippen molar-refractivity contribution >= 4 is 22.7 Å². The smallest absolute Gasteiger partial charge is 0.171 e. The molecule has 62 valence electrons. The standard InChI is InChI=1S/C8H6O2S2/c9-7-3-1-5(11-7)6-2-4-8(10)12-6/h1-4,9-10H. The Hall–Kier alpha value is -1.00. The van der Waals surface area contributed by atoms with E-state index >= 15 is 0 Å². The van der Waals surface area contributed by atoms with Gasteiger partial charge in [-0.3, -0.25) is 0 Å². The summed E-state index contributed by atoms with van der Waals surface area (Å²) in [5.74, 6) is 0. The average Bonchev–Trinajstić information content (AvgIpc) is 2.58. The predicted octanol–water partition coefficient (Wildman–Crippen LogP) is 2.89. The molecule has 2 heterocycles. The van der Waals surface area contributed by atoms with Crippen LogP contribution in [0.15, 0.2) is 24.3 Å². The molecule has 0 atom stereocenters. The van der Waals surface area contributed by atoms with E-state index in [1.807, 2.05) is 12.1 Å². The Morgan fingerprint density at radius 2 is 1.17 bits per heavy atom. The minimum Gasteiger partial charge on any atom is -0.499 e. The van der Waals surface area contributed by atoms with Gasteiger partial charge in [0.05, 0.1) is 0 Å². The molecule has 2 aromatic rings. The average molecular weight is 198 g/mol. The molecule has 12 heavy (non-hydrogen) atoms. The first kappa shape index (κ1) is 7.64. The van der Waals surface area contributed by atoms with Crippen molar-refractivity contribution in [1.82, 2.24) is 0 Å². The van der Waals surface area contributed by atoms with Crippen LogP contribution in [0.5, 0.6) is 10.1 Å². The Bertz CT molecular complexity index is 351. The topological polar surface area (TPSA) is 40.5 Å². The van der Waals surface area contributed by atoms with E-state index in [1.165, 1.54) is 22.7 Å². The summed E-state index contributed by atoms with van der Waals surface area (Å²) in [5.41, 5.74) is 0. The van der Waals surface area contributed by atoms with Crippen LogP contribution in [0.25, 0.3) is 9.75 Å². The van der Waals surface area contributed by atoms with Crippen LogP contribution < -0.4 is 0 Å². The van der Waals surface area contributed by atoms with Gasteiger partial charge in [-0.25, -0.2) is 0 Å². The van der Waals surface area contributed by atoms with Gasteiger partial charge in [0.2, 0.25) is 0 Å². The first-order valence-corrected chi connectivity index (χ1v) is 4.97.